The summed E-state index contributed by atoms with van der Waals surface area (Å²) in [5.41, 5.74) is 0.00618. The highest BCUT2D eigenvalue weighted by atomic mass is 16.7. The number of ether oxygens (including phenoxy) is 2. The highest BCUT2D eigenvalue weighted by Crippen LogP contribution is 2.40. The van der Waals surface area contributed by atoms with E-state index in [1.54, 1.807) is 0 Å². The van der Waals surface area contributed by atoms with Crippen LogP contribution in [0.25, 0.3) is 0 Å². The lowest BCUT2D eigenvalue weighted by atomic mass is 9.81. The Morgan fingerprint density at radius 2 is 1.33 bits per heavy atom. The van der Waals surface area contributed by atoms with Crippen LogP contribution < -0.4 is 0 Å². The van der Waals surface area contributed by atoms with Gasteiger partial charge in [0.15, 0.2) is 5.79 Å². The zero-order chi connectivity index (χ0) is 14.2. The van der Waals surface area contributed by atoms with E-state index in [9.17, 15) is 0 Å². The molecule has 0 aromatic rings. The fourth-order valence-corrected chi connectivity index (χ4v) is 2.01. The van der Waals surface area contributed by atoms with E-state index in [1.807, 2.05) is 0 Å². The number of hydrogen-bond acceptors (Lipinski definition) is 2. The zero-order valence-electron chi connectivity index (χ0n) is 13.6. The lowest BCUT2D eigenvalue weighted by Gasteiger charge is -2.44. The molecule has 0 radical (unpaired) electrons. The van der Waals surface area contributed by atoms with Crippen LogP contribution >= 0.6 is 0 Å². The molecule has 2 heteroatoms. The first-order chi connectivity index (χ1) is 8.29. The molecule has 0 aromatic carbocycles. The van der Waals surface area contributed by atoms with E-state index in [0.29, 0.717) is 5.92 Å². The second kappa shape index (κ2) is 8.16. The molecule has 0 aliphatic rings. The molecule has 0 fully saturated rings. The van der Waals surface area contributed by atoms with Gasteiger partial charge in [-0.25, -0.2) is 0 Å². The van der Waals surface area contributed by atoms with Gasteiger partial charge in [-0.05, 0) is 25.2 Å². The normalized spacial score (nSPS) is 13.3. The standard InChI is InChI=1S/C16H34O2/c1-8-12-17-16(15(5,6)7,18-13-9-2)11-10-14(3)4/h14H,8-13H2,1-7H3. The fraction of sp³-hybridized carbons (Fsp3) is 1.00. The van der Waals surface area contributed by atoms with Gasteiger partial charge in [-0.3, -0.25) is 0 Å². The summed E-state index contributed by atoms with van der Waals surface area (Å²) in [4.78, 5) is 0. The van der Waals surface area contributed by atoms with Gasteiger partial charge in [-0.1, -0.05) is 48.5 Å². The van der Waals surface area contributed by atoms with Crippen LogP contribution in [0.3, 0.4) is 0 Å². The Bertz CT molecular complexity index is 196. The summed E-state index contributed by atoms with van der Waals surface area (Å²) >= 11 is 0. The molecule has 0 N–H and O–H groups in total. The van der Waals surface area contributed by atoms with E-state index in [0.717, 1.165) is 38.9 Å². The molecule has 0 bridgehead atoms. The second-order valence-corrected chi connectivity index (χ2v) is 6.63. The quantitative estimate of drug-likeness (QED) is 0.541. The first-order valence-electron chi connectivity index (χ1n) is 7.57. The van der Waals surface area contributed by atoms with Crippen molar-refractivity contribution in [1.29, 1.82) is 0 Å². The molecule has 0 aliphatic heterocycles. The Labute approximate surface area is 114 Å². The van der Waals surface area contributed by atoms with Crippen LogP contribution in [0.4, 0.5) is 0 Å². The minimum Gasteiger partial charge on any atom is -0.349 e. The van der Waals surface area contributed by atoms with Crippen molar-refractivity contribution in [3.05, 3.63) is 0 Å². The molecular weight excluding hydrogens is 224 g/mol. The highest BCUT2D eigenvalue weighted by Gasteiger charge is 2.43. The fourth-order valence-electron chi connectivity index (χ4n) is 2.01. The van der Waals surface area contributed by atoms with Gasteiger partial charge in [0, 0.05) is 25.0 Å². The molecule has 18 heavy (non-hydrogen) atoms. The summed E-state index contributed by atoms with van der Waals surface area (Å²) in [5, 5.41) is 0. The van der Waals surface area contributed by atoms with Crippen molar-refractivity contribution in [1.82, 2.24) is 0 Å². The van der Waals surface area contributed by atoms with Crippen molar-refractivity contribution in [2.45, 2.75) is 79.9 Å². The summed E-state index contributed by atoms with van der Waals surface area (Å²) < 4.78 is 12.3. The van der Waals surface area contributed by atoms with E-state index >= 15 is 0 Å². The van der Waals surface area contributed by atoms with Crippen LogP contribution in [-0.4, -0.2) is 19.0 Å². The minimum atomic E-state index is -0.427. The van der Waals surface area contributed by atoms with Gasteiger partial charge >= 0.3 is 0 Å². The van der Waals surface area contributed by atoms with Gasteiger partial charge in [-0.2, -0.15) is 0 Å². The molecule has 0 amide bonds. The SMILES string of the molecule is CCCOC(CCC(C)C)(OCCC)C(C)(C)C. The summed E-state index contributed by atoms with van der Waals surface area (Å²) in [6.07, 6.45) is 4.20. The molecule has 0 unspecified atom stereocenters. The van der Waals surface area contributed by atoms with E-state index in [4.69, 9.17) is 9.47 Å². The Kier molecular flexibility index (Phi) is 8.13. The van der Waals surface area contributed by atoms with Crippen molar-refractivity contribution in [2.24, 2.45) is 11.3 Å². The Morgan fingerprint density at radius 1 is 0.889 bits per heavy atom. The van der Waals surface area contributed by atoms with Gasteiger partial charge in [0.25, 0.3) is 0 Å². The molecule has 0 saturated carbocycles. The van der Waals surface area contributed by atoms with Gasteiger partial charge in [0.05, 0.1) is 0 Å². The lowest BCUT2D eigenvalue weighted by Crippen LogP contribution is -2.48. The Hall–Kier alpha value is -0.0800. The van der Waals surface area contributed by atoms with Crippen molar-refractivity contribution < 1.29 is 9.47 Å². The zero-order valence-corrected chi connectivity index (χ0v) is 13.6. The average Bonchev–Trinajstić information content (AvgIpc) is 2.26. The molecular formula is C16H34O2. The third-order valence-corrected chi connectivity index (χ3v) is 3.27. The molecule has 0 aromatic heterocycles. The maximum atomic E-state index is 6.17. The third-order valence-electron chi connectivity index (χ3n) is 3.27. The van der Waals surface area contributed by atoms with Crippen molar-refractivity contribution in [3.63, 3.8) is 0 Å². The van der Waals surface area contributed by atoms with Crippen molar-refractivity contribution in [2.75, 3.05) is 13.2 Å². The van der Waals surface area contributed by atoms with E-state index < -0.39 is 5.79 Å². The van der Waals surface area contributed by atoms with Gasteiger partial charge in [-0.15, -0.1) is 0 Å². The predicted molar refractivity (Wildman–Crippen MR) is 78.7 cm³/mol. The largest absolute Gasteiger partial charge is 0.349 e. The monoisotopic (exact) mass is 258 g/mol. The predicted octanol–water partition coefficient (Wildman–Crippen LogP) is 5.02. The molecule has 0 spiro atoms. The molecule has 2 nitrogen and oxygen atoms in total. The van der Waals surface area contributed by atoms with Crippen molar-refractivity contribution >= 4 is 0 Å². The Balaban J connectivity index is 4.87. The van der Waals surface area contributed by atoms with Crippen LogP contribution in [0.15, 0.2) is 0 Å². The van der Waals surface area contributed by atoms with Gasteiger partial charge in [0.1, 0.15) is 0 Å². The third kappa shape index (κ3) is 5.71. The van der Waals surface area contributed by atoms with Crippen LogP contribution in [0.1, 0.15) is 74.1 Å². The second-order valence-electron chi connectivity index (χ2n) is 6.63. The van der Waals surface area contributed by atoms with Crippen molar-refractivity contribution in [3.8, 4) is 0 Å². The smallest absolute Gasteiger partial charge is 0.173 e. The van der Waals surface area contributed by atoms with E-state index in [1.165, 1.54) is 0 Å². The highest BCUT2D eigenvalue weighted by molar-refractivity contribution is 4.85. The topological polar surface area (TPSA) is 18.5 Å². The van der Waals surface area contributed by atoms with Gasteiger partial charge < -0.3 is 9.47 Å². The average molecular weight is 258 g/mol. The van der Waals surface area contributed by atoms with E-state index in [-0.39, 0.29) is 5.41 Å². The first kappa shape index (κ1) is 17.9. The molecule has 0 aliphatic carbocycles. The molecule has 0 atom stereocenters. The first-order valence-corrected chi connectivity index (χ1v) is 7.57. The molecule has 0 rings (SSSR count). The van der Waals surface area contributed by atoms with Gasteiger partial charge in [0.2, 0.25) is 0 Å². The van der Waals surface area contributed by atoms with Crippen LogP contribution in [0.2, 0.25) is 0 Å². The molecule has 0 heterocycles. The maximum Gasteiger partial charge on any atom is 0.173 e. The number of rotatable bonds is 9. The Morgan fingerprint density at radius 3 is 1.61 bits per heavy atom. The summed E-state index contributed by atoms with van der Waals surface area (Å²) in [6, 6.07) is 0. The molecule has 0 saturated heterocycles. The maximum absolute atomic E-state index is 6.17. The lowest BCUT2D eigenvalue weighted by molar-refractivity contribution is -0.294. The number of hydrogen-bond donors (Lipinski definition) is 0. The summed E-state index contributed by atoms with van der Waals surface area (Å²) in [7, 11) is 0. The van der Waals surface area contributed by atoms with Crippen LogP contribution in [0.5, 0.6) is 0 Å². The summed E-state index contributed by atoms with van der Waals surface area (Å²) in [6.45, 7) is 17.0. The van der Waals surface area contributed by atoms with E-state index in [2.05, 4.69) is 48.5 Å². The summed E-state index contributed by atoms with van der Waals surface area (Å²) in [5.74, 6) is 0.255. The molecule has 110 valence electrons. The minimum absolute atomic E-state index is 0.00618. The van der Waals surface area contributed by atoms with Crippen LogP contribution in [0, 0.1) is 11.3 Å². The van der Waals surface area contributed by atoms with Crippen LogP contribution in [-0.2, 0) is 9.47 Å².